The number of aliphatic hydroxyl groups is 1. The van der Waals surface area contributed by atoms with E-state index < -0.39 is 29.0 Å². The van der Waals surface area contributed by atoms with Gasteiger partial charge in [-0.25, -0.2) is 0 Å². The second-order valence-corrected chi connectivity index (χ2v) is 7.74. The zero-order valence-electron chi connectivity index (χ0n) is 14.8. The third-order valence-corrected chi connectivity index (χ3v) is 5.59. The molecule has 0 bridgehead atoms. The molecule has 4 nitrogen and oxygen atoms in total. The van der Waals surface area contributed by atoms with Crippen LogP contribution in [-0.4, -0.2) is 42.8 Å². The minimum Gasteiger partial charge on any atom is -0.382 e. The largest absolute Gasteiger partial charge is 0.416 e. The predicted molar refractivity (Wildman–Crippen MR) is 98.5 cm³/mol. The Balaban J connectivity index is 2.00. The monoisotopic (exact) mass is 396 g/mol. The van der Waals surface area contributed by atoms with Gasteiger partial charge in [-0.2, -0.15) is 13.2 Å². The van der Waals surface area contributed by atoms with Gasteiger partial charge >= 0.3 is 6.18 Å². The topological polar surface area (TPSA) is 43.8 Å². The zero-order valence-corrected chi connectivity index (χ0v) is 15.6. The summed E-state index contributed by atoms with van der Waals surface area (Å²) in [6.07, 6.45) is -5.81. The molecule has 1 aliphatic heterocycles. The predicted octanol–water partition coefficient (Wildman–Crippen LogP) is 3.77. The van der Waals surface area contributed by atoms with Crippen LogP contribution in [0.4, 0.5) is 18.9 Å². The van der Waals surface area contributed by atoms with Gasteiger partial charge in [-0.15, -0.1) is 11.8 Å². The number of amides is 1. The van der Waals surface area contributed by atoms with Gasteiger partial charge in [0.2, 0.25) is 0 Å². The number of hydrogen-bond acceptors (Lipinski definition) is 4. The van der Waals surface area contributed by atoms with Crippen LogP contribution in [0.2, 0.25) is 0 Å². The highest BCUT2D eigenvalue weighted by molar-refractivity contribution is 7.99. The molecule has 0 aliphatic carbocycles. The van der Waals surface area contributed by atoms with E-state index >= 15 is 0 Å². The first-order valence-corrected chi connectivity index (χ1v) is 9.13. The summed E-state index contributed by atoms with van der Waals surface area (Å²) in [6, 6.07) is 11.9. The first kappa shape index (κ1) is 19.7. The van der Waals surface area contributed by atoms with Crippen LogP contribution in [0, 0.1) is 0 Å². The SMILES string of the molecule is CN(C)CN1C(=O)C(O)C(c2ccc(C(F)(F)F)cc2)Sc2ccccc21. The number of anilines is 1. The Morgan fingerprint density at radius 1 is 1.11 bits per heavy atom. The lowest BCUT2D eigenvalue weighted by atomic mass is 10.0. The van der Waals surface area contributed by atoms with Gasteiger partial charge in [0.25, 0.3) is 5.91 Å². The van der Waals surface area contributed by atoms with Gasteiger partial charge in [-0.3, -0.25) is 14.6 Å². The van der Waals surface area contributed by atoms with E-state index in [2.05, 4.69) is 0 Å². The highest BCUT2D eigenvalue weighted by Crippen LogP contribution is 2.46. The molecule has 0 aromatic heterocycles. The van der Waals surface area contributed by atoms with Crippen molar-refractivity contribution in [3.05, 3.63) is 59.7 Å². The highest BCUT2D eigenvalue weighted by Gasteiger charge is 2.38. The average Bonchev–Trinajstić information content (AvgIpc) is 2.71. The molecule has 3 rings (SSSR count). The first-order valence-electron chi connectivity index (χ1n) is 8.25. The smallest absolute Gasteiger partial charge is 0.382 e. The van der Waals surface area contributed by atoms with Gasteiger partial charge in [0.05, 0.1) is 23.2 Å². The number of benzene rings is 2. The molecular formula is C19H19F3N2O2S. The average molecular weight is 396 g/mol. The molecule has 1 heterocycles. The number of carbonyl (C=O) groups is 1. The third kappa shape index (κ3) is 4.12. The number of fused-ring (bicyclic) bond motifs is 1. The van der Waals surface area contributed by atoms with Gasteiger partial charge in [0.15, 0.2) is 0 Å². The Morgan fingerprint density at radius 3 is 2.33 bits per heavy atom. The summed E-state index contributed by atoms with van der Waals surface area (Å²) in [5.41, 5.74) is 0.380. The summed E-state index contributed by atoms with van der Waals surface area (Å²) in [5.74, 6) is -0.481. The van der Waals surface area contributed by atoms with Crippen molar-refractivity contribution in [2.24, 2.45) is 0 Å². The van der Waals surface area contributed by atoms with E-state index in [1.165, 1.54) is 28.8 Å². The van der Waals surface area contributed by atoms with Crippen LogP contribution < -0.4 is 4.90 Å². The summed E-state index contributed by atoms with van der Waals surface area (Å²) in [7, 11) is 3.63. The van der Waals surface area contributed by atoms with E-state index in [0.717, 1.165) is 17.0 Å². The molecule has 2 aromatic rings. The van der Waals surface area contributed by atoms with Crippen molar-refractivity contribution in [3.8, 4) is 0 Å². The van der Waals surface area contributed by atoms with Crippen LogP contribution in [0.3, 0.4) is 0 Å². The summed E-state index contributed by atoms with van der Waals surface area (Å²) in [6.45, 7) is 0.285. The molecule has 27 heavy (non-hydrogen) atoms. The number of aliphatic hydroxyl groups excluding tert-OH is 1. The molecule has 2 aromatic carbocycles. The second-order valence-electron chi connectivity index (χ2n) is 6.56. The minimum atomic E-state index is -4.43. The van der Waals surface area contributed by atoms with Crippen LogP contribution >= 0.6 is 11.8 Å². The third-order valence-electron chi connectivity index (χ3n) is 4.21. The van der Waals surface area contributed by atoms with E-state index in [0.29, 0.717) is 11.3 Å². The maximum Gasteiger partial charge on any atom is 0.416 e. The van der Waals surface area contributed by atoms with E-state index in [1.807, 2.05) is 31.1 Å². The number of hydrogen-bond donors (Lipinski definition) is 1. The van der Waals surface area contributed by atoms with Crippen LogP contribution in [0.15, 0.2) is 53.4 Å². The van der Waals surface area contributed by atoms with Crippen molar-refractivity contribution in [1.29, 1.82) is 0 Å². The van der Waals surface area contributed by atoms with E-state index in [-0.39, 0.29) is 6.67 Å². The lowest BCUT2D eigenvalue weighted by molar-refractivity contribution is -0.137. The molecule has 144 valence electrons. The number of para-hydroxylation sites is 1. The minimum absolute atomic E-state index is 0.285. The van der Waals surface area contributed by atoms with E-state index in [1.54, 1.807) is 12.1 Å². The molecule has 1 aliphatic rings. The number of halogens is 3. The lowest BCUT2D eigenvalue weighted by Gasteiger charge is -2.27. The summed E-state index contributed by atoms with van der Waals surface area (Å²) in [5, 5.41) is 10.0. The molecule has 2 unspecified atom stereocenters. The van der Waals surface area contributed by atoms with Gasteiger partial charge in [-0.05, 0) is 43.9 Å². The molecule has 0 radical (unpaired) electrons. The van der Waals surface area contributed by atoms with Crippen molar-refractivity contribution < 1.29 is 23.1 Å². The van der Waals surface area contributed by atoms with Crippen molar-refractivity contribution in [2.45, 2.75) is 22.4 Å². The highest BCUT2D eigenvalue weighted by atomic mass is 32.2. The Bertz CT molecular complexity index is 824. The maximum atomic E-state index is 12.9. The standard InChI is InChI=1S/C19H19F3N2O2S/c1-23(2)11-24-14-5-3-4-6-15(14)27-17(16(25)18(24)26)12-7-9-13(10-8-12)19(20,21)22/h3-10,16-17,25H,11H2,1-2H3. The molecule has 0 fully saturated rings. The summed E-state index contributed by atoms with van der Waals surface area (Å²) in [4.78, 5) is 17.0. The quantitative estimate of drug-likeness (QED) is 0.858. The van der Waals surface area contributed by atoms with Crippen molar-refractivity contribution in [2.75, 3.05) is 25.7 Å². The molecule has 2 atom stereocenters. The zero-order chi connectivity index (χ0) is 19.8. The second kappa shape index (κ2) is 7.53. The van der Waals surface area contributed by atoms with Crippen LogP contribution in [-0.2, 0) is 11.0 Å². The Labute approximate surface area is 159 Å². The van der Waals surface area contributed by atoms with Gasteiger partial charge in [0, 0.05) is 4.90 Å². The fourth-order valence-corrected chi connectivity index (χ4v) is 4.20. The number of thioether (sulfide) groups is 1. The van der Waals surface area contributed by atoms with Gasteiger partial charge in [0.1, 0.15) is 6.10 Å². The molecule has 0 saturated carbocycles. The van der Waals surface area contributed by atoms with Crippen molar-refractivity contribution in [1.82, 2.24) is 4.90 Å². The number of nitrogens with zero attached hydrogens (tertiary/aromatic N) is 2. The Morgan fingerprint density at radius 2 is 1.74 bits per heavy atom. The summed E-state index contributed by atoms with van der Waals surface area (Å²) >= 11 is 1.27. The van der Waals surface area contributed by atoms with Crippen LogP contribution in [0.1, 0.15) is 16.4 Å². The molecule has 1 amide bonds. The maximum absolute atomic E-state index is 12.9. The van der Waals surface area contributed by atoms with Crippen LogP contribution in [0.25, 0.3) is 0 Å². The Kier molecular flexibility index (Phi) is 5.50. The first-order chi connectivity index (χ1) is 12.7. The van der Waals surface area contributed by atoms with Crippen molar-refractivity contribution in [3.63, 3.8) is 0 Å². The number of carbonyl (C=O) groups excluding carboxylic acids is 1. The molecule has 1 N–H and O–H groups in total. The van der Waals surface area contributed by atoms with E-state index in [9.17, 15) is 23.1 Å². The molecule has 8 heteroatoms. The molecule has 0 saturated heterocycles. The number of alkyl halides is 3. The molecular weight excluding hydrogens is 377 g/mol. The van der Waals surface area contributed by atoms with Gasteiger partial charge < -0.3 is 5.11 Å². The Hall–Kier alpha value is -2.03. The lowest BCUT2D eigenvalue weighted by Crippen LogP contribution is -2.44. The normalized spacial score (nSPS) is 20.6. The molecule has 0 spiro atoms. The fourth-order valence-electron chi connectivity index (χ4n) is 2.93. The fraction of sp³-hybridized carbons (Fsp3) is 0.316. The van der Waals surface area contributed by atoms with Crippen LogP contribution in [0.5, 0.6) is 0 Å². The van der Waals surface area contributed by atoms with Crippen molar-refractivity contribution >= 4 is 23.4 Å². The van der Waals surface area contributed by atoms with E-state index in [4.69, 9.17) is 0 Å². The summed E-state index contributed by atoms with van der Waals surface area (Å²) < 4.78 is 38.4. The van der Waals surface area contributed by atoms with Gasteiger partial charge in [-0.1, -0.05) is 24.3 Å². The number of rotatable bonds is 3.